The van der Waals surface area contributed by atoms with Gasteiger partial charge in [0.2, 0.25) is 17.7 Å². The van der Waals surface area contributed by atoms with Gasteiger partial charge in [0.25, 0.3) is 0 Å². The van der Waals surface area contributed by atoms with Crippen LogP contribution < -0.4 is 33.2 Å². The summed E-state index contributed by atoms with van der Waals surface area (Å²) in [4.78, 5) is 67.8. The van der Waals surface area contributed by atoms with E-state index in [2.05, 4.69) is 25.9 Å². The van der Waals surface area contributed by atoms with E-state index in [1.165, 1.54) is 0 Å². The number of benzene rings is 1. The molecule has 0 fully saturated rings. The van der Waals surface area contributed by atoms with Crippen molar-refractivity contribution in [2.75, 3.05) is 13.1 Å². The van der Waals surface area contributed by atoms with Gasteiger partial charge in [0.15, 0.2) is 5.96 Å². The summed E-state index contributed by atoms with van der Waals surface area (Å²) in [5.41, 5.74) is 17.2. The van der Waals surface area contributed by atoms with E-state index in [4.69, 9.17) is 22.3 Å². The molecule has 15 heteroatoms. The number of carboxylic acids is 2. The molecule has 0 aliphatic carbocycles. The van der Waals surface area contributed by atoms with Crippen molar-refractivity contribution in [3.63, 3.8) is 0 Å². The van der Waals surface area contributed by atoms with Gasteiger partial charge in [-0.15, -0.1) is 0 Å². The van der Waals surface area contributed by atoms with Gasteiger partial charge in [0.1, 0.15) is 18.1 Å². The Bertz CT molecular complexity index is 1190. The quantitative estimate of drug-likeness (QED) is 0.0674. The lowest BCUT2D eigenvalue weighted by Crippen LogP contribution is -2.57. The second-order valence-electron chi connectivity index (χ2n) is 8.40. The van der Waals surface area contributed by atoms with Crippen LogP contribution in [0.5, 0.6) is 0 Å². The highest BCUT2D eigenvalue weighted by Crippen LogP contribution is 2.19. The molecule has 38 heavy (non-hydrogen) atoms. The Morgan fingerprint density at radius 3 is 2.24 bits per heavy atom. The molecular formula is C23H32N8O7. The lowest BCUT2D eigenvalue weighted by molar-refractivity contribution is -0.143. The van der Waals surface area contributed by atoms with Crippen LogP contribution in [0.2, 0.25) is 0 Å². The first-order chi connectivity index (χ1) is 18.0. The van der Waals surface area contributed by atoms with Crippen molar-refractivity contribution in [1.82, 2.24) is 20.9 Å². The smallest absolute Gasteiger partial charge is 0.326 e. The number of nitrogens with zero attached hydrogens (tertiary/aromatic N) is 1. The molecule has 3 atom stereocenters. The monoisotopic (exact) mass is 532 g/mol. The Hall–Kier alpha value is -4.66. The number of H-pyrrole nitrogens is 1. The van der Waals surface area contributed by atoms with Gasteiger partial charge >= 0.3 is 11.9 Å². The number of hydrogen-bond donors (Lipinski definition) is 9. The molecule has 0 bridgehead atoms. The molecule has 1 aromatic heterocycles. The molecule has 2 aromatic rings. The number of guanidine groups is 1. The van der Waals surface area contributed by atoms with Crippen LogP contribution in [0.25, 0.3) is 10.9 Å². The summed E-state index contributed by atoms with van der Waals surface area (Å²) >= 11 is 0. The Morgan fingerprint density at radius 1 is 0.947 bits per heavy atom. The summed E-state index contributed by atoms with van der Waals surface area (Å²) in [6.45, 7) is -0.335. The highest BCUT2D eigenvalue weighted by Gasteiger charge is 2.31. The van der Waals surface area contributed by atoms with Gasteiger partial charge < -0.3 is 48.3 Å². The number of aliphatic carboxylic acids is 2. The standard InChI is InChI=1S/C23H32N8O7/c24-10-18(32)29-17(9-19(33)34)21(36)31-16(8-12-11-28-14-5-2-1-4-13(12)14)20(35)30-15(22(37)38)6-3-7-27-23(25)26/h1-2,4-5,11,15-17,28H,3,6-10,24H2,(H,29,32)(H,30,35)(H,31,36)(H,33,34)(H,37,38)(H4,25,26,27). The Morgan fingerprint density at radius 2 is 1.61 bits per heavy atom. The predicted octanol–water partition coefficient (Wildman–Crippen LogP) is -2.26. The van der Waals surface area contributed by atoms with Gasteiger partial charge in [-0.25, -0.2) is 4.79 Å². The first-order valence-electron chi connectivity index (χ1n) is 11.7. The molecule has 0 saturated heterocycles. The van der Waals surface area contributed by atoms with Crippen LogP contribution in [-0.4, -0.2) is 82.0 Å². The van der Waals surface area contributed by atoms with E-state index >= 15 is 0 Å². The van der Waals surface area contributed by atoms with Crippen molar-refractivity contribution in [2.24, 2.45) is 22.2 Å². The molecule has 12 N–H and O–H groups in total. The van der Waals surface area contributed by atoms with Crippen molar-refractivity contribution in [3.8, 4) is 0 Å². The van der Waals surface area contributed by atoms with E-state index in [1.54, 1.807) is 18.3 Å². The van der Waals surface area contributed by atoms with Crippen molar-refractivity contribution < 1.29 is 34.2 Å². The van der Waals surface area contributed by atoms with Gasteiger partial charge in [0, 0.05) is 30.1 Å². The van der Waals surface area contributed by atoms with Gasteiger partial charge in [0.05, 0.1) is 13.0 Å². The van der Waals surface area contributed by atoms with E-state index < -0.39 is 60.8 Å². The number of aromatic nitrogens is 1. The molecule has 1 heterocycles. The maximum absolute atomic E-state index is 13.2. The van der Waals surface area contributed by atoms with Crippen molar-refractivity contribution in [3.05, 3.63) is 36.0 Å². The highest BCUT2D eigenvalue weighted by atomic mass is 16.4. The first-order valence-corrected chi connectivity index (χ1v) is 11.7. The molecule has 0 spiro atoms. The second-order valence-corrected chi connectivity index (χ2v) is 8.40. The summed E-state index contributed by atoms with van der Waals surface area (Å²) in [5, 5.41) is 26.6. The maximum atomic E-state index is 13.2. The molecule has 0 radical (unpaired) electrons. The number of para-hydroxylation sites is 1. The molecule has 0 saturated carbocycles. The van der Waals surface area contributed by atoms with Crippen molar-refractivity contribution >= 4 is 46.5 Å². The minimum atomic E-state index is -1.52. The van der Waals surface area contributed by atoms with Gasteiger partial charge in [-0.1, -0.05) is 18.2 Å². The van der Waals surface area contributed by atoms with Crippen molar-refractivity contribution in [1.29, 1.82) is 0 Å². The van der Waals surface area contributed by atoms with Crippen LogP contribution in [0.3, 0.4) is 0 Å². The average Bonchev–Trinajstić information content (AvgIpc) is 3.26. The fourth-order valence-electron chi connectivity index (χ4n) is 3.67. The third-order valence-electron chi connectivity index (χ3n) is 5.51. The lowest BCUT2D eigenvalue weighted by Gasteiger charge is -2.24. The molecule has 3 amide bonds. The summed E-state index contributed by atoms with van der Waals surface area (Å²) in [7, 11) is 0. The summed E-state index contributed by atoms with van der Waals surface area (Å²) in [5.74, 6) is -5.37. The number of aromatic amines is 1. The number of carbonyl (C=O) groups is 5. The molecule has 1 aromatic carbocycles. The second kappa shape index (κ2) is 14.2. The molecule has 206 valence electrons. The summed E-state index contributed by atoms with van der Waals surface area (Å²) in [6.07, 6.45) is 1.07. The van der Waals surface area contributed by atoms with Gasteiger partial charge in [-0.05, 0) is 24.5 Å². The van der Waals surface area contributed by atoms with Crippen LogP contribution in [0.4, 0.5) is 0 Å². The first kappa shape index (κ1) is 29.6. The normalized spacial score (nSPS) is 13.1. The third kappa shape index (κ3) is 9.09. The number of carbonyl (C=O) groups excluding carboxylic acids is 3. The largest absolute Gasteiger partial charge is 0.481 e. The van der Waals surface area contributed by atoms with E-state index in [9.17, 15) is 29.1 Å². The third-order valence-corrected chi connectivity index (χ3v) is 5.51. The zero-order valence-electron chi connectivity index (χ0n) is 20.5. The number of fused-ring (bicyclic) bond motifs is 1. The zero-order chi connectivity index (χ0) is 28.2. The van der Waals surface area contributed by atoms with Gasteiger partial charge in [-0.2, -0.15) is 0 Å². The predicted molar refractivity (Wildman–Crippen MR) is 137 cm³/mol. The SMILES string of the molecule is NCC(=O)NC(CC(=O)O)C(=O)NC(Cc1c[nH]c2ccccc12)C(=O)NC(CCCN=C(N)N)C(=O)O. The average molecular weight is 533 g/mol. The minimum Gasteiger partial charge on any atom is -0.481 e. The minimum absolute atomic E-state index is 0.000197. The van der Waals surface area contributed by atoms with Crippen molar-refractivity contribution in [2.45, 2.75) is 43.8 Å². The molecule has 0 aliphatic rings. The van der Waals surface area contributed by atoms with Crippen LogP contribution in [0, 0.1) is 0 Å². The fourth-order valence-corrected chi connectivity index (χ4v) is 3.67. The van der Waals surface area contributed by atoms with Crippen LogP contribution in [0.15, 0.2) is 35.5 Å². The Kier molecular flexibility index (Phi) is 11.0. The molecule has 0 aliphatic heterocycles. The number of nitrogens with two attached hydrogens (primary N) is 3. The number of nitrogens with one attached hydrogen (secondary N) is 4. The van der Waals surface area contributed by atoms with E-state index in [0.29, 0.717) is 5.56 Å². The maximum Gasteiger partial charge on any atom is 0.326 e. The lowest BCUT2D eigenvalue weighted by atomic mass is 10.0. The molecular weight excluding hydrogens is 500 g/mol. The molecule has 2 rings (SSSR count). The zero-order valence-corrected chi connectivity index (χ0v) is 20.5. The number of hydrogen-bond acceptors (Lipinski definition) is 7. The Balaban J connectivity index is 2.28. The fraction of sp³-hybridized carbons (Fsp3) is 0.391. The molecule has 15 nitrogen and oxygen atoms in total. The van der Waals surface area contributed by atoms with Gasteiger partial charge in [-0.3, -0.25) is 24.2 Å². The van der Waals surface area contributed by atoms with E-state index in [-0.39, 0.29) is 31.8 Å². The Labute approximate surface area is 217 Å². The molecule has 3 unspecified atom stereocenters. The topological polar surface area (TPSA) is 268 Å². The van der Waals surface area contributed by atoms with Crippen LogP contribution >= 0.6 is 0 Å². The summed E-state index contributed by atoms with van der Waals surface area (Å²) < 4.78 is 0. The highest BCUT2D eigenvalue weighted by molar-refractivity contribution is 5.95. The number of carboxylic acid groups (broad SMARTS) is 2. The number of rotatable bonds is 15. The van der Waals surface area contributed by atoms with E-state index in [0.717, 1.165) is 10.9 Å². The number of aliphatic imine (C=N–C) groups is 1. The van der Waals surface area contributed by atoms with Crippen LogP contribution in [-0.2, 0) is 30.4 Å². The summed E-state index contributed by atoms with van der Waals surface area (Å²) in [6, 6.07) is 3.07. The van der Waals surface area contributed by atoms with Crippen LogP contribution in [0.1, 0.15) is 24.8 Å². The van der Waals surface area contributed by atoms with E-state index in [1.807, 2.05) is 12.1 Å². The number of amides is 3.